The average molecular weight is 336 g/mol. The number of hydrogen-bond acceptors (Lipinski definition) is 4. The van der Waals surface area contributed by atoms with E-state index in [1.165, 1.54) is 5.56 Å². The van der Waals surface area contributed by atoms with Crippen LogP contribution in [0.1, 0.15) is 11.5 Å². The molecule has 1 aromatic heterocycles. The molecule has 0 N–H and O–H groups in total. The lowest BCUT2D eigenvalue weighted by Gasteiger charge is -2.34. The molecule has 0 amide bonds. The van der Waals surface area contributed by atoms with Crippen molar-refractivity contribution in [2.45, 2.75) is 13.1 Å². The maximum atomic E-state index is 5.30. The van der Waals surface area contributed by atoms with E-state index in [0.717, 1.165) is 49.6 Å². The van der Waals surface area contributed by atoms with E-state index in [0.29, 0.717) is 0 Å². The van der Waals surface area contributed by atoms with Crippen molar-refractivity contribution in [3.63, 3.8) is 0 Å². The summed E-state index contributed by atoms with van der Waals surface area (Å²) in [7, 11) is 0. The molecule has 20 heavy (non-hydrogen) atoms. The molecule has 106 valence electrons. The molecule has 0 aliphatic carbocycles. The Morgan fingerprint density at radius 1 is 1.00 bits per heavy atom. The predicted molar refractivity (Wildman–Crippen MR) is 81.2 cm³/mol. The fraction of sp³-hybridized carbons (Fsp3) is 0.400. The molecule has 3 rings (SSSR count). The predicted octanol–water partition coefficient (Wildman–Crippen LogP) is 2.75. The Morgan fingerprint density at radius 2 is 1.65 bits per heavy atom. The summed E-state index contributed by atoms with van der Waals surface area (Å²) in [6, 6.07) is 8.58. The molecule has 2 heterocycles. The normalized spacial score (nSPS) is 17.4. The smallest absolute Gasteiger partial charge is 0.208 e. The van der Waals surface area contributed by atoms with E-state index in [-0.39, 0.29) is 0 Å². The van der Waals surface area contributed by atoms with Gasteiger partial charge in [0.05, 0.1) is 12.7 Å². The van der Waals surface area contributed by atoms with Crippen molar-refractivity contribution in [2.75, 3.05) is 26.2 Å². The number of oxazole rings is 1. The van der Waals surface area contributed by atoms with Crippen molar-refractivity contribution in [2.24, 2.45) is 0 Å². The maximum absolute atomic E-state index is 5.30. The lowest BCUT2D eigenvalue weighted by molar-refractivity contribution is 0.114. The Labute approximate surface area is 127 Å². The third kappa shape index (κ3) is 3.69. The van der Waals surface area contributed by atoms with Gasteiger partial charge in [-0.2, -0.15) is 0 Å². The van der Waals surface area contributed by atoms with Crippen LogP contribution in [0.15, 0.2) is 45.6 Å². The lowest BCUT2D eigenvalue weighted by Crippen LogP contribution is -2.45. The summed E-state index contributed by atoms with van der Waals surface area (Å²) in [4.78, 5) is 9.07. The van der Waals surface area contributed by atoms with E-state index in [1.54, 1.807) is 12.5 Å². The van der Waals surface area contributed by atoms with Gasteiger partial charge in [0.2, 0.25) is 5.89 Å². The van der Waals surface area contributed by atoms with Gasteiger partial charge in [0.15, 0.2) is 0 Å². The fourth-order valence-corrected chi connectivity index (χ4v) is 2.74. The highest BCUT2D eigenvalue weighted by molar-refractivity contribution is 9.10. The van der Waals surface area contributed by atoms with Gasteiger partial charge in [-0.25, -0.2) is 4.98 Å². The summed E-state index contributed by atoms with van der Waals surface area (Å²) in [6.07, 6.45) is 3.35. The van der Waals surface area contributed by atoms with Crippen molar-refractivity contribution in [1.82, 2.24) is 14.8 Å². The highest BCUT2D eigenvalue weighted by Crippen LogP contribution is 2.14. The molecule has 0 atom stereocenters. The zero-order valence-electron chi connectivity index (χ0n) is 11.3. The molecule has 0 spiro atoms. The van der Waals surface area contributed by atoms with Crippen molar-refractivity contribution in [3.05, 3.63) is 52.7 Å². The Morgan fingerprint density at radius 3 is 2.25 bits per heavy atom. The standard InChI is InChI=1S/C15H18BrN3O/c16-14-3-1-13(2-4-14)11-18-6-8-19(9-7-18)12-15-17-5-10-20-15/h1-5,10H,6-9,11-12H2. The third-order valence-electron chi connectivity index (χ3n) is 3.63. The molecule has 4 nitrogen and oxygen atoms in total. The lowest BCUT2D eigenvalue weighted by atomic mass is 10.2. The van der Waals surface area contributed by atoms with Crippen molar-refractivity contribution in [3.8, 4) is 0 Å². The quantitative estimate of drug-likeness (QED) is 0.860. The van der Waals surface area contributed by atoms with Gasteiger partial charge in [-0.05, 0) is 17.7 Å². The zero-order valence-corrected chi connectivity index (χ0v) is 12.9. The van der Waals surface area contributed by atoms with Crippen LogP contribution in [0.5, 0.6) is 0 Å². The Bertz CT molecular complexity index is 519. The number of aromatic nitrogens is 1. The molecule has 1 saturated heterocycles. The number of benzene rings is 1. The molecule has 1 aliphatic rings. The number of hydrogen-bond donors (Lipinski definition) is 0. The Hall–Kier alpha value is -1.17. The van der Waals surface area contributed by atoms with Crippen LogP contribution < -0.4 is 0 Å². The number of nitrogens with zero attached hydrogens (tertiary/aromatic N) is 3. The Balaban J connectivity index is 1.47. The van der Waals surface area contributed by atoms with Crippen LogP contribution in [0.4, 0.5) is 0 Å². The van der Waals surface area contributed by atoms with Crippen LogP contribution >= 0.6 is 15.9 Å². The van der Waals surface area contributed by atoms with E-state index in [4.69, 9.17) is 4.42 Å². The fourth-order valence-electron chi connectivity index (χ4n) is 2.48. The van der Waals surface area contributed by atoms with E-state index in [9.17, 15) is 0 Å². The minimum Gasteiger partial charge on any atom is -0.448 e. The molecule has 1 aromatic carbocycles. The van der Waals surface area contributed by atoms with E-state index in [2.05, 4.69) is 55.0 Å². The molecule has 0 saturated carbocycles. The van der Waals surface area contributed by atoms with Crippen LogP contribution in [0.25, 0.3) is 0 Å². The highest BCUT2D eigenvalue weighted by atomic mass is 79.9. The summed E-state index contributed by atoms with van der Waals surface area (Å²) in [6.45, 7) is 6.17. The van der Waals surface area contributed by atoms with E-state index in [1.807, 2.05) is 0 Å². The molecule has 5 heteroatoms. The topological polar surface area (TPSA) is 32.5 Å². The summed E-state index contributed by atoms with van der Waals surface area (Å²) in [5.41, 5.74) is 1.37. The molecular formula is C15H18BrN3O. The SMILES string of the molecule is Brc1ccc(CN2CCN(Cc3ncco3)CC2)cc1. The Kier molecular flexibility index (Phi) is 4.50. The summed E-state index contributed by atoms with van der Waals surface area (Å²) in [5, 5.41) is 0. The first-order valence-electron chi connectivity index (χ1n) is 6.87. The van der Waals surface area contributed by atoms with Gasteiger partial charge in [-0.3, -0.25) is 9.80 Å². The van der Waals surface area contributed by atoms with Gasteiger partial charge in [0.25, 0.3) is 0 Å². The minimum atomic E-state index is 0.811. The second-order valence-electron chi connectivity index (χ2n) is 5.10. The summed E-state index contributed by atoms with van der Waals surface area (Å²) in [5.74, 6) is 0.811. The van der Waals surface area contributed by atoms with Crippen LogP contribution in [-0.4, -0.2) is 41.0 Å². The van der Waals surface area contributed by atoms with Crippen LogP contribution in [0, 0.1) is 0 Å². The van der Waals surface area contributed by atoms with Crippen LogP contribution in [0.2, 0.25) is 0 Å². The van der Waals surface area contributed by atoms with Crippen molar-refractivity contribution in [1.29, 1.82) is 0 Å². The second kappa shape index (κ2) is 6.52. The molecule has 1 aliphatic heterocycles. The van der Waals surface area contributed by atoms with Crippen LogP contribution in [0.3, 0.4) is 0 Å². The zero-order chi connectivity index (χ0) is 13.8. The highest BCUT2D eigenvalue weighted by Gasteiger charge is 2.18. The van der Waals surface area contributed by atoms with E-state index < -0.39 is 0 Å². The first kappa shape index (κ1) is 13.8. The number of halogens is 1. The van der Waals surface area contributed by atoms with Gasteiger partial charge in [0, 0.05) is 37.2 Å². The monoisotopic (exact) mass is 335 g/mol. The minimum absolute atomic E-state index is 0.811. The third-order valence-corrected chi connectivity index (χ3v) is 4.16. The van der Waals surface area contributed by atoms with Gasteiger partial charge in [-0.15, -0.1) is 0 Å². The summed E-state index contributed by atoms with van der Waals surface area (Å²) >= 11 is 3.47. The van der Waals surface area contributed by atoms with Gasteiger partial charge in [-0.1, -0.05) is 28.1 Å². The number of piperazine rings is 1. The molecule has 2 aromatic rings. The van der Waals surface area contributed by atoms with E-state index >= 15 is 0 Å². The molecule has 1 fully saturated rings. The van der Waals surface area contributed by atoms with Crippen molar-refractivity contribution >= 4 is 15.9 Å². The first-order valence-corrected chi connectivity index (χ1v) is 7.66. The number of rotatable bonds is 4. The maximum Gasteiger partial charge on any atom is 0.208 e. The van der Waals surface area contributed by atoms with Gasteiger partial charge >= 0.3 is 0 Å². The largest absolute Gasteiger partial charge is 0.448 e. The second-order valence-corrected chi connectivity index (χ2v) is 6.02. The molecule has 0 bridgehead atoms. The van der Waals surface area contributed by atoms with Crippen molar-refractivity contribution < 1.29 is 4.42 Å². The molecule has 0 unspecified atom stereocenters. The van der Waals surface area contributed by atoms with Gasteiger partial charge in [0.1, 0.15) is 6.26 Å². The molecular weight excluding hydrogens is 318 g/mol. The van der Waals surface area contributed by atoms with Crippen LogP contribution in [-0.2, 0) is 13.1 Å². The van der Waals surface area contributed by atoms with Gasteiger partial charge < -0.3 is 4.42 Å². The first-order chi connectivity index (χ1) is 9.79. The average Bonchev–Trinajstić information content (AvgIpc) is 2.96. The summed E-state index contributed by atoms with van der Waals surface area (Å²) < 4.78 is 6.44. The molecule has 0 radical (unpaired) electrons.